The Labute approximate surface area is 179 Å². The minimum absolute atomic E-state index is 0.223. The van der Waals surface area contributed by atoms with Gasteiger partial charge in [-0.2, -0.15) is 0 Å². The first kappa shape index (κ1) is 20.8. The molecule has 1 heterocycles. The van der Waals surface area contributed by atoms with Crippen LogP contribution in [0.3, 0.4) is 0 Å². The van der Waals surface area contributed by atoms with Crippen LogP contribution >= 0.6 is 35.0 Å². The second-order valence-corrected chi connectivity index (χ2v) is 8.18. The highest BCUT2D eigenvalue weighted by atomic mass is 35.5. The third kappa shape index (κ3) is 4.93. The van der Waals surface area contributed by atoms with E-state index >= 15 is 0 Å². The maximum atomic E-state index is 6.13. The first-order chi connectivity index (χ1) is 13.5. The monoisotopic (exact) mass is 437 g/mol. The molecule has 0 N–H and O–H groups in total. The Morgan fingerprint density at radius 1 is 1.07 bits per heavy atom. The summed E-state index contributed by atoms with van der Waals surface area (Å²) in [6.07, 6.45) is 0. The van der Waals surface area contributed by atoms with Gasteiger partial charge in [0.25, 0.3) is 0 Å². The largest absolute Gasteiger partial charge is 0.497 e. The lowest BCUT2D eigenvalue weighted by atomic mass is 10.2. The van der Waals surface area contributed by atoms with E-state index in [1.807, 2.05) is 24.3 Å². The molecule has 0 bridgehead atoms. The predicted molar refractivity (Wildman–Crippen MR) is 115 cm³/mol. The van der Waals surface area contributed by atoms with Crippen molar-refractivity contribution in [3.8, 4) is 22.9 Å². The van der Waals surface area contributed by atoms with Gasteiger partial charge in [0, 0.05) is 22.4 Å². The van der Waals surface area contributed by atoms with Crippen molar-refractivity contribution < 1.29 is 9.47 Å². The molecule has 0 unspecified atom stereocenters. The lowest BCUT2D eigenvalue weighted by Gasteiger charge is -2.14. The maximum Gasteiger partial charge on any atom is 0.191 e. The zero-order valence-electron chi connectivity index (χ0n) is 15.9. The van der Waals surface area contributed by atoms with E-state index in [1.165, 1.54) is 0 Å². The number of aromatic nitrogens is 3. The van der Waals surface area contributed by atoms with Crippen LogP contribution in [-0.4, -0.2) is 34.2 Å². The number of thioether (sulfide) groups is 1. The van der Waals surface area contributed by atoms with Crippen molar-refractivity contribution in [3.05, 3.63) is 52.5 Å². The number of methoxy groups -OCH3 is 1. The normalized spacial score (nSPS) is 11.1. The molecular formula is C20H21Cl2N3O2S. The lowest BCUT2D eigenvalue weighted by Crippen LogP contribution is -2.07. The Balaban J connectivity index is 1.67. The van der Waals surface area contributed by atoms with Crippen molar-refractivity contribution >= 4 is 35.0 Å². The fraction of sp³-hybridized carbons (Fsp3) is 0.300. The van der Waals surface area contributed by atoms with E-state index in [-0.39, 0.29) is 6.04 Å². The molecule has 0 saturated carbocycles. The number of hydrogen-bond acceptors (Lipinski definition) is 5. The fourth-order valence-corrected chi connectivity index (χ4v) is 4.00. The highest BCUT2D eigenvalue weighted by molar-refractivity contribution is 7.99. The Morgan fingerprint density at radius 3 is 2.46 bits per heavy atom. The van der Waals surface area contributed by atoms with Crippen LogP contribution in [0, 0.1) is 0 Å². The molecule has 2 aromatic carbocycles. The number of halogens is 2. The summed E-state index contributed by atoms with van der Waals surface area (Å²) in [6, 6.07) is 13.2. The molecule has 0 atom stereocenters. The summed E-state index contributed by atoms with van der Waals surface area (Å²) in [7, 11) is 1.65. The molecule has 0 fully saturated rings. The van der Waals surface area contributed by atoms with Gasteiger partial charge in [-0.1, -0.05) is 35.0 Å². The van der Waals surface area contributed by atoms with E-state index in [1.54, 1.807) is 37.1 Å². The zero-order valence-corrected chi connectivity index (χ0v) is 18.2. The third-order valence-electron chi connectivity index (χ3n) is 4.00. The van der Waals surface area contributed by atoms with Gasteiger partial charge >= 0.3 is 0 Å². The minimum atomic E-state index is 0.223. The molecule has 0 aliphatic rings. The molecule has 5 nitrogen and oxygen atoms in total. The molecule has 0 aliphatic heterocycles. The number of nitrogens with zero attached hydrogens (tertiary/aromatic N) is 3. The number of benzene rings is 2. The number of ether oxygens (including phenoxy) is 2. The van der Waals surface area contributed by atoms with E-state index in [9.17, 15) is 0 Å². The average molecular weight is 438 g/mol. The zero-order chi connectivity index (χ0) is 20.1. The van der Waals surface area contributed by atoms with Gasteiger partial charge in [-0.05, 0) is 56.3 Å². The van der Waals surface area contributed by atoms with Gasteiger partial charge in [-0.15, -0.1) is 10.2 Å². The van der Waals surface area contributed by atoms with Crippen LogP contribution < -0.4 is 9.47 Å². The second-order valence-electron chi connectivity index (χ2n) is 6.27. The minimum Gasteiger partial charge on any atom is -0.497 e. The number of hydrogen-bond donors (Lipinski definition) is 0. The molecule has 0 amide bonds. The molecule has 0 aliphatic carbocycles. The Kier molecular flexibility index (Phi) is 7.10. The fourth-order valence-electron chi connectivity index (χ4n) is 2.65. The van der Waals surface area contributed by atoms with Crippen LogP contribution in [0.1, 0.15) is 19.9 Å². The van der Waals surface area contributed by atoms with Crippen LogP contribution in [-0.2, 0) is 0 Å². The smallest absolute Gasteiger partial charge is 0.191 e. The van der Waals surface area contributed by atoms with Gasteiger partial charge in [0.15, 0.2) is 11.0 Å². The topological polar surface area (TPSA) is 49.2 Å². The summed E-state index contributed by atoms with van der Waals surface area (Å²) < 4.78 is 13.1. The van der Waals surface area contributed by atoms with E-state index < -0.39 is 0 Å². The van der Waals surface area contributed by atoms with Gasteiger partial charge in [0.1, 0.15) is 11.5 Å². The van der Waals surface area contributed by atoms with Gasteiger partial charge < -0.3 is 9.47 Å². The summed E-state index contributed by atoms with van der Waals surface area (Å²) in [5.74, 6) is 2.98. The molecule has 3 aromatic rings. The first-order valence-corrected chi connectivity index (χ1v) is 10.5. The molecule has 0 saturated heterocycles. The molecule has 8 heteroatoms. The van der Waals surface area contributed by atoms with Gasteiger partial charge in [0.05, 0.1) is 18.7 Å². The van der Waals surface area contributed by atoms with E-state index in [0.717, 1.165) is 22.3 Å². The Hall–Kier alpha value is -1.89. The predicted octanol–water partition coefficient (Wildman–Crippen LogP) is 6.01. The highest BCUT2D eigenvalue weighted by Crippen LogP contribution is 2.30. The summed E-state index contributed by atoms with van der Waals surface area (Å²) in [6.45, 7) is 4.73. The van der Waals surface area contributed by atoms with Crippen molar-refractivity contribution in [2.24, 2.45) is 0 Å². The van der Waals surface area contributed by atoms with Crippen molar-refractivity contribution in [1.29, 1.82) is 0 Å². The molecule has 3 rings (SSSR count). The quantitative estimate of drug-likeness (QED) is 0.318. The molecule has 28 heavy (non-hydrogen) atoms. The molecular weight excluding hydrogens is 417 g/mol. The molecule has 0 radical (unpaired) electrons. The summed E-state index contributed by atoms with van der Waals surface area (Å²) >= 11 is 13.6. The van der Waals surface area contributed by atoms with Crippen molar-refractivity contribution in [2.45, 2.75) is 25.0 Å². The molecule has 0 spiro atoms. The number of rotatable bonds is 8. The van der Waals surface area contributed by atoms with Crippen molar-refractivity contribution in [2.75, 3.05) is 19.5 Å². The lowest BCUT2D eigenvalue weighted by molar-refractivity contribution is 0.344. The van der Waals surface area contributed by atoms with Gasteiger partial charge in [-0.25, -0.2) is 0 Å². The van der Waals surface area contributed by atoms with Crippen LogP contribution in [0.2, 0.25) is 10.0 Å². The highest BCUT2D eigenvalue weighted by Gasteiger charge is 2.17. The molecule has 1 aromatic heterocycles. The van der Waals surface area contributed by atoms with E-state index in [0.29, 0.717) is 28.2 Å². The second kappa shape index (κ2) is 9.54. The standard InChI is InChI=1S/C20H21Cl2N3O2S/c1-13(2)25-19(14-4-7-16(26-3)8-5-14)23-24-20(25)28-11-10-27-18-9-6-15(21)12-17(18)22/h4-9,12-13H,10-11H2,1-3H3. The van der Waals surface area contributed by atoms with Gasteiger partial charge in [0.2, 0.25) is 0 Å². The SMILES string of the molecule is COc1ccc(-c2nnc(SCCOc3ccc(Cl)cc3Cl)n2C(C)C)cc1. The molecule has 148 valence electrons. The summed E-state index contributed by atoms with van der Waals surface area (Å²) in [5.41, 5.74) is 0.998. The Bertz CT molecular complexity index is 930. The Morgan fingerprint density at radius 2 is 1.82 bits per heavy atom. The van der Waals surface area contributed by atoms with E-state index in [2.05, 4.69) is 28.6 Å². The maximum absolute atomic E-state index is 6.13. The first-order valence-electron chi connectivity index (χ1n) is 8.79. The van der Waals surface area contributed by atoms with Gasteiger partial charge in [-0.3, -0.25) is 4.57 Å². The van der Waals surface area contributed by atoms with Crippen LogP contribution in [0.15, 0.2) is 47.6 Å². The van der Waals surface area contributed by atoms with Crippen molar-refractivity contribution in [3.63, 3.8) is 0 Å². The van der Waals surface area contributed by atoms with E-state index in [4.69, 9.17) is 32.7 Å². The van der Waals surface area contributed by atoms with Crippen LogP contribution in [0.4, 0.5) is 0 Å². The summed E-state index contributed by atoms with van der Waals surface area (Å²) in [5, 5.41) is 10.7. The van der Waals surface area contributed by atoms with Crippen LogP contribution in [0.5, 0.6) is 11.5 Å². The van der Waals surface area contributed by atoms with Crippen molar-refractivity contribution in [1.82, 2.24) is 14.8 Å². The average Bonchev–Trinajstić information content (AvgIpc) is 3.11. The third-order valence-corrected chi connectivity index (χ3v) is 5.43. The summed E-state index contributed by atoms with van der Waals surface area (Å²) in [4.78, 5) is 0. The van der Waals surface area contributed by atoms with Crippen LogP contribution in [0.25, 0.3) is 11.4 Å².